The molecule has 1 saturated heterocycles. The van der Waals surface area contributed by atoms with Crippen LogP contribution in [-0.2, 0) is 4.74 Å². The second-order valence-corrected chi connectivity index (χ2v) is 6.74. The van der Waals surface area contributed by atoms with Gasteiger partial charge in [-0.1, -0.05) is 49.0 Å². The fourth-order valence-corrected chi connectivity index (χ4v) is 3.08. The Bertz CT molecular complexity index is 458. The number of aliphatic hydroxyl groups is 1. The summed E-state index contributed by atoms with van der Waals surface area (Å²) in [5.74, 6) is 0. The molecule has 0 radical (unpaired) electrons. The fraction of sp³-hybridized carbons (Fsp3) is 0.625. The van der Waals surface area contributed by atoms with Crippen LogP contribution in [0.4, 0.5) is 0 Å². The van der Waals surface area contributed by atoms with Crippen LogP contribution in [0.5, 0.6) is 0 Å². The van der Waals surface area contributed by atoms with Crippen LogP contribution in [0, 0.1) is 5.41 Å². The number of hydrogen-bond acceptors (Lipinski definition) is 3. The van der Waals surface area contributed by atoms with Gasteiger partial charge in [0.05, 0.1) is 25.2 Å². The van der Waals surface area contributed by atoms with E-state index in [1.807, 2.05) is 12.1 Å². The fourth-order valence-electron chi connectivity index (χ4n) is 2.54. The van der Waals surface area contributed by atoms with E-state index in [4.69, 9.17) is 27.9 Å². The smallest absolute Gasteiger partial charge is 0.0579 e. The Morgan fingerprint density at radius 3 is 2.67 bits per heavy atom. The summed E-state index contributed by atoms with van der Waals surface area (Å²) in [6, 6.07) is 5.82. The molecule has 1 fully saturated rings. The van der Waals surface area contributed by atoms with E-state index < -0.39 is 0 Å². The maximum Gasteiger partial charge on any atom is 0.0579 e. The minimum Gasteiger partial charge on any atom is -0.396 e. The van der Waals surface area contributed by atoms with Crippen molar-refractivity contribution in [3.63, 3.8) is 0 Å². The second kappa shape index (κ2) is 7.80. The van der Waals surface area contributed by atoms with Crippen molar-refractivity contribution >= 4 is 23.2 Å². The standard InChI is InChI=1S/C16H23Cl2NO2/c1-2-3-4-15(13-6-5-12(17)7-14(13)18)19-8-16(9-20)10-21-11-16/h5-7,15,19-20H,2-4,8-11H2,1H3. The minimum atomic E-state index is -0.136. The third kappa shape index (κ3) is 4.33. The average Bonchev–Trinajstić information content (AvgIpc) is 2.42. The summed E-state index contributed by atoms with van der Waals surface area (Å²) in [5, 5.41) is 14.4. The summed E-state index contributed by atoms with van der Waals surface area (Å²) < 4.78 is 5.24. The van der Waals surface area contributed by atoms with Gasteiger partial charge in [0.25, 0.3) is 0 Å². The molecule has 118 valence electrons. The van der Waals surface area contributed by atoms with Crippen LogP contribution in [0.1, 0.15) is 37.8 Å². The van der Waals surface area contributed by atoms with Gasteiger partial charge in [0, 0.05) is 22.6 Å². The molecule has 1 atom stereocenters. The predicted molar refractivity (Wildman–Crippen MR) is 87.1 cm³/mol. The van der Waals surface area contributed by atoms with Gasteiger partial charge in [0.15, 0.2) is 0 Å². The highest BCUT2D eigenvalue weighted by atomic mass is 35.5. The van der Waals surface area contributed by atoms with Gasteiger partial charge in [0.1, 0.15) is 0 Å². The van der Waals surface area contributed by atoms with Crippen LogP contribution < -0.4 is 5.32 Å². The Labute approximate surface area is 136 Å². The van der Waals surface area contributed by atoms with E-state index in [2.05, 4.69) is 12.2 Å². The number of nitrogens with one attached hydrogen (secondary N) is 1. The SMILES string of the molecule is CCCCC(NCC1(CO)COC1)c1ccc(Cl)cc1Cl. The Hall–Kier alpha value is -0.320. The van der Waals surface area contributed by atoms with Crippen molar-refractivity contribution in [3.8, 4) is 0 Å². The molecule has 1 unspecified atom stereocenters. The van der Waals surface area contributed by atoms with Crippen molar-refractivity contribution in [1.82, 2.24) is 5.32 Å². The molecule has 5 heteroatoms. The average molecular weight is 332 g/mol. The Morgan fingerprint density at radius 2 is 2.14 bits per heavy atom. The maximum absolute atomic E-state index is 9.52. The number of hydrogen-bond donors (Lipinski definition) is 2. The molecule has 0 bridgehead atoms. The van der Waals surface area contributed by atoms with E-state index in [0.717, 1.165) is 31.4 Å². The highest BCUT2D eigenvalue weighted by molar-refractivity contribution is 6.35. The zero-order valence-electron chi connectivity index (χ0n) is 12.4. The summed E-state index contributed by atoms with van der Waals surface area (Å²) in [4.78, 5) is 0. The van der Waals surface area contributed by atoms with Gasteiger partial charge in [-0.2, -0.15) is 0 Å². The van der Waals surface area contributed by atoms with Crippen LogP contribution >= 0.6 is 23.2 Å². The number of ether oxygens (including phenoxy) is 1. The number of halogens is 2. The molecule has 1 aromatic rings. The molecular formula is C16H23Cl2NO2. The molecule has 1 aliphatic heterocycles. The maximum atomic E-state index is 9.52. The Balaban J connectivity index is 2.06. The van der Waals surface area contributed by atoms with Gasteiger partial charge in [0.2, 0.25) is 0 Å². The molecule has 0 aromatic heterocycles. The highest BCUT2D eigenvalue weighted by Crippen LogP contribution is 2.31. The Morgan fingerprint density at radius 1 is 1.38 bits per heavy atom. The molecule has 0 amide bonds. The molecule has 3 nitrogen and oxygen atoms in total. The number of aliphatic hydroxyl groups excluding tert-OH is 1. The van der Waals surface area contributed by atoms with Crippen molar-refractivity contribution in [2.75, 3.05) is 26.4 Å². The lowest BCUT2D eigenvalue weighted by Gasteiger charge is -2.41. The molecule has 1 aliphatic rings. The molecule has 2 N–H and O–H groups in total. The first-order valence-corrected chi connectivity index (χ1v) is 8.23. The van der Waals surface area contributed by atoms with Crippen molar-refractivity contribution in [2.24, 2.45) is 5.41 Å². The van der Waals surface area contributed by atoms with E-state index in [-0.39, 0.29) is 18.1 Å². The summed E-state index contributed by atoms with van der Waals surface area (Å²) in [6.07, 6.45) is 3.27. The minimum absolute atomic E-state index is 0.136. The van der Waals surface area contributed by atoms with Crippen molar-refractivity contribution in [3.05, 3.63) is 33.8 Å². The molecule has 0 saturated carbocycles. The summed E-state index contributed by atoms with van der Waals surface area (Å²) >= 11 is 12.3. The summed E-state index contributed by atoms with van der Waals surface area (Å²) in [7, 11) is 0. The topological polar surface area (TPSA) is 41.5 Å². The normalized spacial score (nSPS) is 18.3. The Kier molecular flexibility index (Phi) is 6.33. The van der Waals surface area contributed by atoms with Gasteiger partial charge in [-0.15, -0.1) is 0 Å². The quantitative estimate of drug-likeness (QED) is 0.760. The van der Waals surface area contributed by atoms with E-state index in [1.165, 1.54) is 0 Å². The van der Waals surface area contributed by atoms with Gasteiger partial charge in [-0.25, -0.2) is 0 Å². The largest absolute Gasteiger partial charge is 0.396 e. The highest BCUT2D eigenvalue weighted by Gasteiger charge is 2.38. The number of benzene rings is 1. The molecule has 21 heavy (non-hydrogen) atoms. The molecule has 1 heterocycles. The van der Waals surface area contributed by atoms with Crippen molar-refractivity contribution < 1.29 is 9.84 Å². The van der Waals surface area contributed by atoms with Crippen LogP contribution in [0.3, 0.4) is 0 Å². The first-order valence-electron chi connectivity index (χ1n) is 7.47. The van der Waals surface area contributed by atoms with Crippen LogP contribution in [0.2, 0.25) is 10.0 Å². The number of unbranched alkanes of at least 4 members (excludes halogenated alkanes) is 1. The predicted octanol–water partition coefficient (Wildman–Crippen LogP) is 3.82. The van der Waals surface area contributed by atoms with E-state index in [1.54, 1.807) is 6.07 Å². The monoisotopic (exact) mass is 331 g/mol. The zero-order chi connectivity index (χ0) is 15.3. The third-order valence-corrected chi connectivity index (χ3v) is 4.62. The lowest BCUT2D eigenvalue weighted by molar-refractivity contribution is -0.135. The zero-order valence-corrected chi connectivity index (χ0v) is 13.9. The summed E-state index contributed by atoms with van der Waals surface area (Å²) in [6.45, 7) is 4.29. The van der Waals surface area contributed by atoms with Crippen molar-refractivity contribution in [1.29, 1.82) is 0 Å². The van der Waals surface area contributed by atoms with Gasteiger partial charge in [-0.3, -0.25) is 0 Å². The van der Waals surface area contributed by atoms with Gasteiger partial charge < -0.3 is 15.2 Å². The first kappa shape index (κ1) is 17.0. The lowest BCUT2D eigenvalue weighted by atomic mass is 9.86. The third-order valence-electron chi connectivity index (χ3n) is 4.06. The molecule has 0 spiro atoms. The second-order valence-electron chi connectivity index (χ2n) is 5.89. The van der Waals surface area contributed by atoms with Gasteiger partial charge in [-0.05, 0) is 24.1 Å². The van der Waals surface area contributed by atoms with E-state index >= 15 is 0 Å². The van der Waals surface area contributed by atoms with E-state index in [0.29, 0.717) is 23.3 Å². The first-order chi connectivity index (χ1) is 10.1. The molecule has 0 aliphatic carbocycles. The van der Waals surface area contributed by atoms with E-state index in [9.17, 15) is 5.11 Å². The summed E-state index contributed by atoms with van der Waals surface area (Å²) in [5.41, 5.74) is 0.937. The molecule has 2 rings (SSSR count). The molecular weight excluding hydrogens is 309 g/mol. The van der Waals surface area contributed by atoms with Crippen LogP contribution in [-0.4, -0.2) is 31.5 Å². The number of rotatable bonds is 8. The van der Waals surface area contributed by atoms with Gasteiger partial charge >= 0.3 is 0 Å². The lowest BCUT2D eigenvalue weighted by Crippen LogP contribution is -2.52. The molecule has 1 aromatic carbocycles. The van der Waals surface area contributed by atoms with Crippen LogP contribution in [0.15, 0.2) is 18.2 Å². The van der Waals surface area contributed by atoms with Crippen molar-refractivity contribution in [2.45, 2.75) is 32.2 Å². The van der Waals surface area contributed by atoms with Crippen LogP contribution in [0.25, 0.3) is 0 Å².